The van der Waals surface area contributed by atoms with Crippen LogP contribution in [0.2, 0.25) is 0 Å². The Morgan fingerprint density at radius 2 is 1.93 bits per heavy atom. The van der Waals surface area contributed by atoms with E-state index in [1.54, 1.807) is 20.4 Å². The minimum atomic E-state index is 0.554. The van der Waals surface area contributed by atoms with E-state index in [-0.39, 0.29) is 0 Å². The maximum atomic E-state index is 5.80. The molecule has 7 heteroatoms. The Hall–Kier alpha value is -3.48. The van der Waals surface area contributed by atoms with Gasteiger partial charge in [-0.25, -0.2) is 4.68 Å². The lowest BCUT2D eigenvalue weighted by atomic mass is 10.2. The Bertz CT molecular complexity index is 907. The highest BCUT2D eigenvalue weighted by Gasteiger charge is 2.07. The predicted molar refractivity (Wildman–Crippen MR) is 115 cm³/mol. The lowest BCUT2D eigenvalue weighted by molar-refractivity contribution is 0.281. The molecule has 0 amide bonds. The van der Waals surface area contributed by atoms with Gasteiger partial charge in [-0.15, -0.1) is 0 Å². The van der Waals surface area contributed by atoms with E-state index >= 15 is 0 Å². The van der Waals surface area contributed by atoms with E-state index in [1.165, 1.54) is 0 Å². The zero-order valence-electron chi connectivity index (χ0n) is 17.1. The molecular weight excluding hydrogens is 366 g/mol. The van der Waals surface area contributed by atoms with E-state index in [0.717, 1.165) is 28.7 Å². The van der Waals surface area contributed by atoms with E-state index in [0.29, 0.717) is 19.7 Å². The first kappa shape index (κ1) is 20.3. The number of ether oxygens (including phenoxy) is 2. The van der Waals surface area contributed by atoms with Crippen molar-refractivity contribution in [2.24, 2.45) is 4.99 Å². The summed E-state index contributed by atoms with van der Waals surface area (Å²) in [5, 5.41) is 7.67. The summed E-state index contributed by atoms with van der Waals surface area (Å²) in [5.41, 5.74) is 2.19. The van der Waals surface area contributed by atoms with Crippen molar-refractivity contribution in [1.82, 2.24) is 20.0 Å². The van der Waals surface area contributed by atoms with Crippen molar-refractivity contribution < 1.29 is 9.47 Å². The van der Waals surface area contributed by atoms with E-state index < -0.39 is 0 Å². The van der Waals surface area contributed by atoms with Crippen LogP contribution >= 0.6 is 0 Å². The summed E-state index contributed by atoms with van der Waals surface area (Å²) < 4.78 is 12.8. The van der Waals surface area contributed by atoms with Crippen LogP contribution in [0.1, 0.15) is 5.56 Å². The summed E-state index contributed by atoms with van der Waals surface area (Å²) in [6, 6.07) is 17.7. The molecule has 29 heavy (non-hydrogen) atoms. The van der Waals surface area contributed by atoms with Gasteiger partial charge < -0.3 is 19.7 Å². The highest BCUT2D eigenvalue weighted by atomic mass is 16.5. The zero-order valence-corrected chi connectivity index (χ0v) is 17.1. The summed E-state index contributed by atoms with van der Waals surface area (Å²) >= 11 is 0. The lowest BCUT2D eigenvalue weighted by Crippen LogP contribution is -2.40. The fourth-order valence-electron chi connectivity index (χ4n) is 2.87. The third-order valence-corrected chi connectivity index (χ3v) is 4.46. The maximum Gasteiger partial charge on any atom is 0.193 e. The molecule has 1 heterocycles. The fourth-order valence-corrected chi connectivity index (χ4v) is 2.87. The largest absolute Gasteiger partial charge is 0.497 e. The summed E-state index contributed by atoms with van der Waals surface area (Å²) in [5.74, 6) is 2.45. The smallest absolute Gasteiger partial charge is 0.193 e. The van der Waals surface area contributed by atoms with Crippen LogP contribution in [0.5, 0.6) is 11.5 Å². The molecule has 0 saturated heterocycles. The molecule has 1 aromatic heterocycles. The minimum Gasteiger partial charge on any atom is -0.497 e. The molecule has 0 saturated carbocycles. The van der Waals surface area contributed by atoms with Gasteiger partial charge in [-0.05, 0) is 48.0 Å². The number of benzene rings is 2. The molecule has 3 aromatic rings. The Labute approximate surface area is 171 Å². The molecule has 0 aliphatic heterocycles. The van der Waals surface area contributed by atoms with Crippen molar-refractivity contribution in [3.8, 4) is 17.2 Å². The molecule has 0 unspecified atom stereocenters. The van der Waals surface area contributed by atoms with E-state index in [9.17, 15) is 0 Å². The van der Waals surface area contributed by atoms with Crippen LogP contribution in [0.15, 0.2) is 72.0 Å². The molecule has 7 nitrogen and oxygen atoms in total. The van der Waals surface area contributed by atoms with Crippen molar-refractivity contribution in [3.05, 3.63) is 72.6 Å². The first-order valence-electron chi connectivity index (χ1n) is 9.47. The number of likely N-dealkylation sites (N-methyl/N-ethyl adjacent to an activating group) is 1. The molecule has 2 aromatic carbocycles. The van der Waals surface area contributed by atoms with E-state index in [1.807, 2.05) is 65.3 Å². The Morgan fingerprint density at radius 1 is 1.14 bits per heavy atom. The molecule has 0 spiro atoms. The van der Waals surface area contributed by atoms with Gasteiger partial charge in [0, 0.05) is 33.0 Å². The number of nitrogens with one attached hydrogen (secondary N) is 1. The van der Waals surface area contributed by atoms with Crippen molar-refractivity contribution in [2.45, 2.75) is 6.54 Å². The monoisotopic (exact) mass is 393 g/mol. The highest BCUT2D eigenvalue weighted by molar-refractivity contribution is 5.79. The first-order valence-corrected chi connectivity index (χ1v) is 9.47. The Kier molecular flexibility index (Phi) is 7.10. The number of hydrogen-bond acceptors (Lipinski definition) is 4. The van der Waals surface area contributed by atoms with Crippen LogP contribution in [0.3, 0.4) is 0 Å². The molecule has 3 rings (SSSR count). The number of aliphatic imine (C=N–C) groups is 1. The van der Waals surface area contributed by atoms with Crippen LogP contribution in [-0.4, -0.2) is 55.0 Å². The van der Waals surface area contributed by atoms with E-state index in [4.69, 9.17) is 9.47 Å². The topological polar surface area (TPSA) is 63.9 Å². The average Bonchev–Trinajstić information content (AvgIpc) is 3.30. The number of hydrogen-bond donors (Lipinski definition) is 1. The van der Waals surface area contributed by atoms with Crippen molar-refractivity contribution in [3.63, 3.8) is 0 Å². The van der Waals surface area contributed by atoms with Crippen molar-refractivity contribution in [2.75, 3.05) is 34.4 Å². The molecule has 0 radical (unpaired) electrons. The molecule has 0 bridgehead atoms. The van der Waals surface area contributed by atoms with Gasteiger partial charge in [0.15, 0.2) is 5.96 Å². The van der Waals surface area contributed by atoms with Gasteiger partial charge in [-0.3, -0.25) is 4.99 Å². The van der Waals surface area contributed by atoms with Crippen LogP contribution in [0.4, 0.5) is 0 Å². The highest BCUT2D eigenvalue weighted by Crippen LogP contribution is 2.16. The molecule has 0 aliphatic carbocycles. The lowest BCUT2D eigenvalue weighted by Gasteiger charge is -2.22. The molecule has 0 atom stereocenters. The SMILES string of the molecule is CN=C(NCc1cccc(-n2cccn2)c1)N(C)CCOc1ccc(OC)cc1. The summed E-state index contributed by atoms with van der Waals surface area (Å²) in [6.07, 6.45) is 3.71. The van der Waals surface area contributed by atoms with Gasteiger partial charge in [0.25, 0.3) is 0 Å². The zero-order chi connectivity index (χ0) is 20.5. The molecule has 152 valence electrons. The molecule has 1 N–H and O–H groups in total. The van der Waals surface area contributed by atoms with Crippen LogP contribution < -0.4 is 14.8 Å². The third-order valence-electron chi connectivity index (χ3n) is 4.46. The van der Waals surface area contributed by atoms with Gasteiger partial charge in [-0.1, -0.05) is 12.1 Å². The van der Waals surface area contributed by atoms with Crippen LogP contribution in [0.25, 0.3) is 5.69 Å². The first-order chi connectivity index (χ1) is 14.2. The van der Waals surface area contributed by atoms with Gasteiger partial charge in [0.1, 0.15) is 18.1 Å². The van der Waals surface area contributed by atoms with Gasteiger partial charge in [0.05, 0.1) is 19.3 Å². The number of rotatable bonds is 8. The van der Waals surface area contributed by atoms with Gasteiger partial charge >= 0.3 is 0 Å². The van der Waals surface area contributed by atoms with Crippen molar-refractivity contribution >= 4 is 5.96 Å². The standard InChI is InChI=1S/C22H27N5O2/c1-23-22(26(2)14-15-29-21-10-8-20(28-3)9-11-21)24-17-18-6-4-7-19(16-18)27-13-5-12-25-27/h4-13,16H,14-15,17H2,1-3H3,(H,23,24). The Balaban J connectivity index is 1.48. The summed E-state index contributed by atoms with van der Waals surface area (Å²) in [4.78, 5) is 6.41. The molecule has 0 fully saturated rings. The summed E-state index contributed by atoms with van der Waals surface area (Å²) in [7, 11) is 5.42. The second-order valence-electron chi connectivity index (χ2n) is 6.47. The predicted octanol–water partition coefficient (Wildman–Crippen LogP) is 2.97. The second kappa shape index (κ2) is 10.2. The normalized spacial score (nSPS) is 11.2. The van der Waals surface area contributed by atoms with Crippen LogP contribution in [-0.2, 0) is 6.54 Å². The van der Waals surface area contributed by atoms with Crippen molar-refractivity contribution in [1.29, 1.82) is 0 Å². The number of aromatic nitrogens is 2. The van der Waals surface area contributed by atoms with Gasteiger partial charge in [0.2, 0.25) is 0 Å². The quantitative estimate of drug-likeness (QED) is 0.471. The third kappa shape index (κ3) is 5.75. The fraction of sp³-hybridized carbons (Fsp3) is 0.273. The number of nitrogens with zero attached hydrogens (tertiary/aromatic N) is 4. The maximum absolute atomic E-state index is 5.80. The Morgan fingerprint density at radius 3 is 2.62 bits per heavy atom. The second-order valence-corrected chi connectivity index (χ2v) is 6.47. The van der Waals surface area contributed by atoms with Crippen LogP contribution in [0, 0.1) is 0 Å². The average molecular weight is 393 g/mol. The van der Waals surface area contributed by atoms with E-state index in [2.05, 4.69) is 27.5 Å². The van der Waals surface area contributed by atoms with Gasteiger partial charge in [-0.2, -0.15) is 5.10 Å². The summed E-state index contributed by atoms with van der Waals surface area (Å²) in [6.45, 7) is 1.93. The number of guanidine groups is 1. The molecular formula is C22H27N5O2. The number of methoxy groups -OCH3 is 1. The minimum absolute atomic E-state index is 0.554. The molecule has 0 aliphatic rings.